The number of rotatable bonds is 4. The molecule has 0 radical (unpaired) electrons. The Balaban J connectivity index is 4.78. The SMILES string of the molecule is CC[Si](CC)(CC)C(N)C#C[Si](C)(C)C. The Bertz CT molecular complexity index is 232. The van der Waals surface area contributed by atoms with Crippen molar-refractivity contribution in [3.05, 3.63) is 0 Å². The maximum Gasteiger partial charge on any atom is 0.129 e. The molecule has 88 valence electrons. The Hall–Kier alpha value is -0.0462. The van der Waals surface area contributed by atoms with Gasteiger partial charge in [0.15, 0.2) is 0 Å². The molecular formula is C12H27NSi2. The molecule has 0 aromatic carbocycles. The lowest BCUT2D eigenvalue weighted by Crippen LogP contribution is -2.50. The predicted molar refractivity (Wildman–Crippen MR) is 76.3 cm³/mol. The van der Waals surface area contributed by atoms with Gasteiger partial charge in [-0.3, -0.25) is 0 Å². The molecule has 15 heavy (non-hydrogen) atoms. The van der Waals surface area contributed by atoms with Crippen molar-refractivity contribution < 1.29 is 0 Å². The van der Waals surface area contributed by atoms with Crippen molar-refractivity contribution in [1.82, 2.24) is 0 Å². The fourth-order valence-corrected chi connectivity index (χ4v) is 5.79. The molecule has 0 heterocycles. The van der Waals surface area contributed by atoms with E-state index in [2.05, 4.69) is 51.9 Å². The van der Waals surface area contributed by atoms with E-state index < -0.39 is 16.1 Å². The van der Waals surface area contributed by atoms with Crippen molar-refractivity contribution in [3.63, 3.8) is 0 Å². The molecule has 0 rings (SSSR count). The molecule has 0 aromatic rings. The van der Waals surface area contributed by atoms with Crippen molar-refractivity contribution in [1.29, 1.82) is 0 Å². The van der Waals surface area contributed by atoms with E-state index in [1.54, 1.807) is 0 Å². The molecule has 0 aliphatic carbocycles. The summed E-state index contributed by atoms with van der Waals surface area (Å²) in [5, 5.41) is 0. The van der Waals surface area contributed by atoms with Gasteiger partial charge in [0, 0.05) is 0 Å². The first-order chi connectivity index (χ1) is 6.81. The van der Waals surface area contributed by atoms with Gasteiger partial charge in [0.2, 0.25) is 0 Å². The summed E-state index contributed by atoms with van der Waals surface area (Å²) < 4.78 is 0. The van der Waals surface area contributed by atoms with Gasteiger partial charge in [0.1, 0.15) is 8.07 Å². The summed E-state index contributed by atoms with van der Waals surface area (Å²) in [6.07, 6.45) is 0. The summed E-state index contributed by atoms with van der Waals surface area (Å²) in [7, 11) is -2.55. The minimum Gasteiger partial charge on any atom is -0.320 e. The summed E-state index contributed by atoms with van der Waals surface area (Å²) in [4.78, 5) is 0. The Labute approximate surface area is 97.9 Å². The highest BCUT2D eigenvalue weighted by molar-refractivity contribution is 6.85. The fourth-order valence-electron chi connectivity index (χ4n) is 1.86. The highest BCUT2D eigenvalue weighted by atomic mass is 28.3. The molecule has 0 spiro atoms. The molecule has 1 unspecified atom stereocenters. The van der Waals surface area contributed by atoms with Gasteiger partial charge >= 0.3 is 0 Å². The van der Waals surface area contributed by atoms with Crippen molar-refractivity contribution in [2.24, 2.45) is 5.73 Å². The monoisotopic (exact) mass is 241 g/mol. The number of nitrogens with two attached hydrogens (primary N) is 1. The lowest BCUT2D eigenvalue weighted by molar-refractivity contribution is 1.01. The zero-order valence-corrected chi connectivity index (χ0v) is 13.3. The van der Waals surface area contributed by atoms with Crippen LogP contribution in [0.25, 0.3) is 0 Å². The lowest BCUT2D eigenvalue weighted by Gasteiger charge is -2.31. The van der Waals surface area contributed by atoms with Crippen LogP contribution in [-0.2, 0) is 0 Å². The molecule has 0 saturated heterocycles. The minimum absolute atomic E-state index is 0.184. The largest absolute Gasteiger partial charge is 0.320 e. The first-order valence-electron chi connectivity index (χ1n) is 6.09. The van der Waals surface area contributed by atoms with Gasteiger partial charge in [0.25, 0.3) is 0 Å². The Morgan fingerprint density at radius 3 is 1.67 bits per heavy atom. The molecule has 1 atom stereocenters. The van der Waals surface area contributed by atoms with Crippen LogP contribution in [0, 0.1) is 11.5 Å². The Morgan fingerprint density at radius 2 is 1.40 bits per heavy atom. The molecule has 1 nitrogen and oxygen atoms in total. The van der Waals surface area contributed by atoms with Gasteiger partial charge in [-0.2, -0.15) is 0 Å². The molecule has 0 aliphatic heterocycles. The lowest BCUT2D eigenvalue weighted by atomic mass is 10.7. The summed E-state index contributed by atoms with van der Waals surface area (Å²) in [6, 6.07) is 3.80. The van der Waals surface area contributed by atoms with E-state index in [1.807, 2.05) is 0 Å². The van der Waals surface area contributed by atoms with Crippen LogP contribution in [0.5, 0.6) is 0 Å². The number of hydrogen-bond acceptors (Lipinski definition) is 1. The van der Waals surface area contributed by atoms with Crippen LogP contribution in [0.2, 0.25) is 37.8 Å². The van der Waals surface area contributed by atoms with Crippen molar-refractivity contribution in [2.75, 3.05) is 0 Å². The van der Waals surface area contributed by atoms with Crippen molar-refractivity contribution in [3.8, 4) is 11.5 Å². The van der Waals surface area contributed by atoms with E-state index in [1.165, 1.54) is 18.1 Å². The zero-order chi connectivity index (χ0) is 12.1. The summed E-state index contributed by atoms with van der Waals surface area (Å²) in [6.45, 7) is 13.7. The fraction of sp³-hybridized carbons (Fsp3) is 0.833. The van der Waals surface area contributed by atoms with Gasteiger partial charge in [-0.15, -0.1) is 5.54 Å². The number of hydrogen-bond donors (Lipinski definition) is 1. The van der Waals surface area contributed by atoms with Gasteiger partial charge in [-0.1, -0.05) is 64.5 Å². The van der Waals surface area contributed by atoms with Crippen LogP contribution < -0.4 is 5.73 Å². The third-order valence-corrected chi connectivity index (χ3v) is 9.96. The standard InChI is InChI=1S/C12H27NSi2/c1-7-15(8-2,9-3)12(13)10-11-14(4,5)6/h12H,7-9,13H2,1-6H3. The highest BCUT2D eigenvalue weighted by Gasteiger charge is 2.33. The summed E-state index contributed by atoms with van der Waals surface area (Å²) in [5.74, 6) is 3.37. The average Bonchev–Trinajstić information content (AvgIpc) is 2.17. The molecule has 0 aliphatic rings. The molecular weight excluding hydrogens is 214 g/mol. The zero-order valence-electron chi connectivity index (χ0n) is 11.3. The molecule has 0 fully saturated rings. The first-order valence-corrected chi connectivity index (χ1v) is 12.3. The van der Waals surface area contributed by atoms with Crippen LogP contribution in [-0.4, -0.2) is 21.8 Å². The van der Waals surface area contributed by atoms with Crippen LogP contribution >= 0.6 is 0 Å². The van der Waals surface area contributed by atoms with E-state index in [-0.39, 0.29) is 5.67 Å². The van der Waals surface area contributed by atoms with E-state index in [0.717, 1.165) is 0 Å². The van der Waals surface area contributed by atoms with E-state index in [0.29, 0.717) is 0 Å². The molecule has 3 heteroatoms. The van der Waals surface area contributed by atoms with E-state index in [4.69, 9.17) is 5.73 Å². The van der Waals surface area contributed by atoms with Crippen LogP contribution in [0.4, 0.5) is 0 Å². The second kappa shape index (κ2) is 5.88. The van der Waals surface area contributed by atoms with Gasteiger partial charge in [-0.25, -0.2) is 0 Å². The second-order valence-electron chi connectivity index (χ2n) is 5.42. The highest BCUT2D eigenvalue weighted by Crippen LogP contribution is 2.22. The van der Waals surface area contributed by atoms with Crippen LogP contribution in [0.1, 0.15) is 20.8 Å². The van der Waals surface area contributed by atoms with Gasteiger partial charge in [-0.05, 0) is 0 Å². The summed E-state index contributed by atoms with van der Waals surface area (Å²) in [5.41, 5.74) is 9.91. The Morgan fingerprint density at radius 1 is 1.00 bits per heavy atom. The van der Waals surface area contributed by atoms with Crippen molar-refractivity contribution >= 4 is 16.1 Å². The van der Waals surface area contributed by atoms with Gasteiger partial charge < -0.3 is 5.73 Å². The van der Waals surface area contributed by atoms with Gasteiger partial charge in [0.05, 0.1) is 13.7 Å². The second-order valence-corrected chi connectivity index (χ2v) is 15.6. The quantitative estimate of drug-likeness (QED) is 0.593. The van der Waals surface area contributed by atoms with E-state index in [9.17, 15) is 0 Å². The molecule has 0 amide bonds. The molecule has 0 aromatic heterocycles. The van der Waals surface area contributed by atoms with Crippen LogP contribution in [0.15, 0.2) is 0 Å². The summed E-state index contributed by atoms with van der Waals surface area (Å²) >= 11 is 0. The van der Waals surface area contributed by atoms with Crippen molar-refractivity contribution in [2.45, 2.75) is 64.2 Å². The smallest absolute Gasteiger partial charge is 0.129 e. The first kappa shape index (κ1) is 15.0. The predicted octanol–water partition coefficient (Wildman–Crippen LogP) is 3.24. The van der Waals surface area contributed by atoms with E-state index >= 15 is 0 Å². The third-order valence-electron chi connectivity index (χ3n) is 3.37. The molecule has 0 bridgehead atoms. The minimum atomic E-state index is -1.29. The maximum atomic E-state index is 6.30. The molecule has 0 saturated carbocycles. The Kier molecular flexibility index (Phi) is 5.86. The molecule has 2 N–H and O–H groups in total. The average molecular weight is 242 g/mol. The van der Waals surface area contributed by atoms with Crippen LogP contribution in [0.3, 0.4) is 0 Å². The topological polar surface area (TPSA) is 26.0 Å². The third kappa shape index (κ3) is 4.54. The normalized spacial score (nSPS) is 14.3. The maximum absolute atomic E-state index is 6.30.